The number of nitrogens with zero attached hydrogens (tertiary/aromatic N) is 1. The fraction of sp³-hybridized carbons (Fsp3) is 0.400. The molecular formula is C15H17NO7S. The molecule has 0 aliphatic heterocycles. The predicted molar refractivity (Wildman–Crippen MR) is 84.6 cm³/mol. The highest BCUT2D eigenvalue weighted by molar-refractivity contribution is 7.90. The molecule has 0 unspecified atom stereocenters. The van der Waals surface area contributed by atoms with E-state index in [2.05, 4.69) is 0 Å². The molecule has 1 saturated carbocycles. The summed E-state index contributed by atoms with van der Waals surface area (Å²) in [5.41, 5.74) is -1.17. The second-order valence-corrected chi connectivity index (χ2v) is 7.31. The SMILES string of the molecule is C.CS(=O)(=O)c1ccc(C(=O)C2C(=O)CCCC2=O)c([N+](=O)[O-])c1. The van der Waals surface area contributed by atoms with Crippen molar-refractivity contribution < 1.29 is 27.7 Å². The first-order chi connectivity index (χ1) is 10.6. The van der Waals surface area contributed by atoms with Crippen molar-refractivity contribution in [3.63, 3.8) is 0 Å². The van der Waals surface area contributed by atoms with Crippen LogP contribution < -0.4 is 0 Å². The van der Waals surface area contributed by atoms with Crippen molar-refractivity contribution in [3.8, 4) is 0 Å². The fourth-order valence-corrected chi connectivity index (χ4v) is 3.10. The standard InChI is InChI=1S/C14H13NO7S.CH4/c1-23(21,22)8-5-6-9(10(7-8)15(19)20)14(18)13-11(16)3-2-4-12(13)17;/h5-7,13H,2-4H2,1H3;1H4. The zero-order chi connectivity index (χ0) is 17.4. The molecular weight excluding hydrogens is 338 g/mol. The van der Waals surface area contributed by atoms with Gasteiger partial charge in [0.2, 0.25) is 0 Å². The first-order valence-corrected chi connectivity index (χ1v) is 8.60. The van der Waals surface area contributed by atoms with Crippen LogP contribution in [0.15, 0.2) is 23.1 Å². The van der Waals surface area contributed by atoms with Crippen molar-refractivity contribution in [1.29, 1.82) is 0 Å². The molecule has 0 N–H and O–H groups in total. The van der Waals surface area contributed by atoms with Crippen molar-refractivity contribution in [3.05, 3.63) is 33.9 Å². The van der Waals surface area contributed by atoms with Crippen LogP contribution in [0.5, 0.6) is 0 Å². The predicted octanol–water partition coefficient (Wildman–Crippen LogP) is 1.76. The second-order valence-electron chi connectivity index (χ2n) is 5.29. The highest BCUT2D eigenvalue weighted by Crippen LogP contribution is 2.28. The van der Waals surface area contributed by atoms with E-state index in [0.29, 0.717) is 6.42 Å². The second kappa shape index (κ2) is 7.00. The van der Waals surface area contributed by atoms with Gasteiger partial charge in [-0.15, -0.1) is 0 Å². The molecule has 0 heterocycles. The number of hydrogen-bond donors (Lipinski definition) is 0. The maximum atomic E-state index is 12.4. The zero-order valence-corrected chi connectivity index (χ0v) is 13.0. The van der Waals surface area contributed by atoms with E-state index >= 15 is 0 Å². The number of carbonyl (C=O) groups is 3. The van der Waals surface area contributed by atoms with Crippen molar-refractivity contribution in [2.24, 2.45) is 5.92 Å². The van der Waals surface area contributed by atoms with Crippen molar-refractivity contribution in [2.75, 3.05) is 6.26 Å². The number of nitro groups is 1. The number of rotatable bonds is 4. The third kappa shape index (κ3) is 3.73. The summed E-state index contributed by atoms with van der Waals surface area (Å²) in [5.74, 6) is -3.61. The van der Waals surface area contributed by atoms with Gasteiger partial charge in [-0.1, -0.05) is 7.43 Å². The minimum Gasteiger partial charge on any atom is -0.298 e. The van der Waals surface area contributed by atoms with Gasteiger partial charge in [-0.05, 0) is 18.6 Å². The molecule has 2 rings (SSSR count). The number of carbonyl (C=O) groups excluding carboxylic acids is 3. The quantitative estimate of drug-likeness (QED) is 0.348. The van der Waals surface area contributed by atoms with E-state index < -0.39 is 49.3 Å². The summed E-state index contributed by atoms with van der Waals surface area (Å²) in [6.07, 6.45) is 1.37. The van der Waals surface area contributed by atoms with Gasteiger partial charge in [0.15, 0.2) is 27.2 Å². The Morgan fingerprint density at radius 1 is 1.21 bits per heavy atom. The van der Waals surface area contributed by atoms with Crippen molar-refractivity contribution >= 4 is 32.9 Å². The molecule has 0 saturated heterocycles. The molecule has 8 nitrogen and oxygen atoms in total. The van der Waals surface area contributed by atoms with Gasteiger partial charge < -0.3 is 0 Å². The number of hydrogen-bond acceptors (Lipinski definition) is 7. The number of nitro benzene ring substituents is 1. The van der Waals surface area contributed by atoms with E-state index in [4.69, 9.17) is 0 Å². The average Bonchev–Trinajstić information content (AvgIpc) is 2.45. The molecule has 24 heavy (non-hydrogen) atoms. The number of benzene rings is 1. The van der Waals surface area contributed by atoms with E-state index in [1.165, 1.54) is 0 Å². The summed E-state index contributed by atoms with van der Waals surface area (Å²) in [4.78, 5) is 46.0. The smallest absolute Gasteiger partial charge is 0.281 e. The summed E-state index contributed by atoms with van der Waals surface area (Å²) in [7, 11) is -3.70. The third-order valence-corrected chi connectivity index (χ3v) is 4.72. The Balaban J connectivity index is 0.00000288. The largest absolute Gasteiger partial charge is 0.298 e. The lowest BCUT2D eigenvalue weighted by Gasteiger charge is -2.18. The summed E-state index contributed by atoms with van der Waals surface area (Å²) in [5, 5.41) is 11.1. The first-order valence-electron chi connectivity index (χ1n) is 6.71. The first kappa shape index (κ1) is 19.6. The lowest BCUT2D eigenvalue weighted by atomic mass is 9.81. The van der Waals surface area contributed by atoms with Crippen LogP contribution in [0.25, 0.3) is 0 Å². The molecule has 0 spiro atoms. The minimum absolute atomic E-state index is 0. The normalized spacial score (nSPS) is 15.7. The maximum Gasteiger partial charge on any atom is 0.281 e. The van der Waals surface area contributed by atoms with Crippen LogP contribution in [-0.4, -0.2) is 36.9 Å². The maximum absolute atomic E-state index is 12.4. The van der Waals surface area contributed by atoms with Crippen LogP contribution in [0, 0.1) is 16.0 Å². The molecule has 0 bridgehead atoms. The molecule has 9 heteroatoms. The van der Waals surface area contributed by atoms with Crippen molar-refractivity contribution in [1.82, 2.24) is 0 Å². The van der Waals surface area contributed by atoms with Gasteiger partial charge in [0.1, 0.15) is 5.92 Å². The minimum atomic E-state index is -3.70. The Kier molecular flexibility index (Phi) is 5.72. The number of ketones is 3. The average molecular weight is 355 g/mol. The Bertz CT molecular complexity index is 810. The Hall–Kier alpha value is -2.42. The van der Waals surface area contributed by atoms with Crippen LogP contribution in [0.1, 0.15) is 37.0 Å². The van der Waals surface area contributed by atoms with Gasteiger partial charge in [-0.25, -0.2) is 8.42 Å². The van der Waals surface area contributed by atoms with Crippen LogP contribution in [0.2, 0.25) is 0 Å². The molecule has 0 radical (unpaired) electrons. The van der Waals surface area contributed by atoms with Gasteiger partial charge in [0.05, 0.1) is 15.4 Å². The highest BCUT2D eigenvalue weighted by atomic mass is 32.2. The Morgan fingerprint density at radius 3 is 2.21 bits per heavy atom. The summed E-state index contributed by atoms with van der Waals surface area (Å²) >= 11 is 0. The van der Waals surface area contributed by atoms with Crippen LogP contribution in [-0.2, 0) is 19.4 Å². The van der Waals surface area contributed by atoms with Gasteiger partial charge in [0.25, 0.3) is 5.69 Å². The Labute approximate surface area is 138 Å². The van der Waals surface area contributed by atoms with E-state index in [9.17, 15) is 32.9 Å². The van der Waals surface area contributed by atoms with Crippen LogP contribution in [0.3, 0.4) is 0 Å². The molecule has 1 fully saturated rings. The Morgan fingerprint density at radius 2 is 1.75 bits per heavy atom. The van der Waals surface area contributed by atoms with E-state index in [1.807, 2.05) is 0 Å². The lowest BCUT2D eigenvalue weighted by molar-refractivity contribution is -0.385. The molecule has 130 valence electrons. The molecule has 1 aliphatic carbocycles. The molecule has 1 aromatic rings. The van der Waals surface area contributed by atoms with E-state index in [-0.39, 0.29) is 25.2 Å². The number of sulfone groups is 1. The summed E-state index contributed by atoms with van der Waals surface area (Å²) < 4.78 is 23.0. The fourth-order valence-electron chi connectivity index (χ4n) is 2.45. The topological polar surface area (TPSA) is 128 Å². The van der Waals surface area contributed by atoms with Gasteiger partial charge in [-0.3, -0.25) is 24.5 Å². The molecule has 0 aromatic heterocycles. The highest BCUT2D eigenvalue weighted by Gasteiger charge is 2.39. The molecule has 1 aliphatic rings. The summed E-state index contributed by atoms with van der Waals surface area (Å²) in [6, 6.07) is 2.79. The lowest BCUT2D eigenvalue weighted by Crippen LogP contribution is -2.35. The van der Waals surface area contributed by atoms with Gasteiger partial charge in [-0.2, -0.15) is 0 Å². The third-order valence-electron chi connectivity index (χ3n) is 3.61. The van der Waals surface area contributed by atoms with Gasteiger partial charge >= 0.3 is 0 Å². The van der Waals surface area contributed by atoms with E-state index in [0.717, 1.165) is 24.5 Å². The van der Waals surface area contributed by atoms with Crippen molar-refractivity contribution in [2.45, 2.75) is 31.6 Å². The molecule has 0 atom stereocenters. The number of Topliss-reactive ketones (excluding diaryl/α,β-unsaturated/α-hetero) is 3. The van der Waals surface area contributed by atoms with Crippen LogP contribution in [0.4, 0.5) is 5.69 Å². The molecule has 1 aromatic carbocycles. The van der Waals surface area contributed by atoms with Gasteiger partial charge in [0, 0.05) is 25.2 Å². The van der Waals surface area contributed by atoms with Crippen LogP contribution >= 0.6 is 0 Å². The zero-order valence-electron chi connectivity index (χ0n) is 12.1. The molecule has 0 amide bonds. The monoisotopic (exact) mass is 355 g/mol. The summed E-state index contributed by atoms with van der Waals surface area (Å²) in [6.45, 7) is 0. The van der Waals surface area contributed by atoms with E-state index in [1.54, 1.807) is 0 Å².